The first kappa shape index (κ1) is 127. The van der Waals surface area contributed by atoms with Crippen molar-refractivity contribution in [2.45, 2.75) is 315 Å². The average Bonchev–Trinajstić information content (AvgIpc) is 1.72. The minimum atomic E-state index is -2.96. The third-order valence-electron chi connectivity index (χ3n) is 24.0. The molecular weight excluding hydrogens is 1880 g/mol. The van der Waals surface area contributed by atoms with Gasteiger partial charge in [-0.15, -0.1) is 27.7 Å². The zero-order valence-corrected chi connectivity index (χ0v) is 94.0. The van der Waals surface area contributed by atoms with Crippen LogP contribution < -0.4 is 84.2 Å². The summed E-state index contributed by atoms with van der Waals surface area (Å²) in [5.74, 6) is 0.690. The van der Waals surface area contributed by atoms with Gasteiger partial charge in [-0.3, -0.25) is 19.3 Å². The van der Waals surface area contributed by atoms with Crippen LogP contribution in [0.15, 0.2) is 282 Å². The maximum Gasteiger partial charge on any atom is 1.00 e. The van der Waals surface area contributed by atoms with Crippen LogP contribution >= 0.6 is 31.9 Å². The second-order valence-corrected chi connectivity index (χ2v) is 53.5. The molecule has 9 atom stereocenters. The minimum absolute atomic E-state index is 0. The molecule has 0 radical (unpaired) electrons. The van der Waals surface area contributed by atoms with Crippen LogP contribution in [0.4, 0.5) is 14.4 Å². The predicted octanol–water partition coefficient (Wildman–Crippen LogP) is 19.5. The van der Waals surface area contributed by atoms with Crippen molar-refractivity contribution in [3.05, 3.63) is 296 Å². The van der Waals surface area contributed by atoms with Crippen LogP contribution in [0.25, 0.3) is 0 Å². The van der Waals surface area contributed by atoms with Gasteiger partial charge in [-0.2, -0.15) is 0 Å². The van der Waals surface area contributed by atoms with Crippen LogP contribution in [0, 0.1) is 13.8 Å². The number of halogens is 2. The SMILES string of the molecule is C.CC(C)=CCBr.CC(C)=CCOc1ccccc1.CC[C@@H](O[Si](c1ccccc1)(c1ccccc1)C(C)(C)C)[C@@]1(C)OC(=O)N(CCCCBr)[C@@H]1C(=O)CC=C(C)C.CC[C@@H](O[Si](c1ccccc1)(c1ccccc1)C(C)(C)C)[C@@]1(C)OC(=O)N[C@@H]1C(=O)CC=C(C)C.CC[C@@H](O[Si](c1ccccc1)(c1ccccc1)C(C)(C)C)[C@@]1(C)OC(=O)N[C@@H]1C(C)=O.[CH2-]C=C(C)C.[CH2-]C=C(C)C.[Li+].[Li+]. The molecule has 0 bridgehead atoms. The topological polar surface area (TPSA) is 194 Å². The van der Waals surface area contributed by atoms with Crippen molar-refractivity contribution < 1.29 is 98.7 Å². The Morgan fingerprint density at radius 3 is 0.949 bits per heavy atom. The Morgan fingerprint density at radius 1 is 0.416 bits per heavy atom. The molecule has 3 heterocycles. The summed E-state index contributed by atoms with van der Waals surface area (Å²) in [5.41, 5.74) is 3.95. The normalized spacial score (nSPS) is 18.0. The Kier molecular flexibility index (Phi) is 56.0. The van der Waals surface area contributed by atoms with Crippen molar-refractivity contribution in [3.8, 4) is 5.75 Å². The van der Waals surface area contributed by atoms with Gasteiger partial charge < -0.3 is 42.9 Å². The number of benzene rings is 7. The molecule has 7 aromatic rings. The second kappa shape index (κ2) is 60.3. The van der Waals surface area contributed by atoms with E-state index >= 15 is 0 Å². The summed E-state index contributed by atoms with van der Waals surface area (Å²) in [6.07, 6.45) is 12.6. The maximum absolute atomic E-state index is 13.9. The monoisotopic (exact) mass is 2040 g/mol. The van der Waals surface area contributed by atoms with Gasteiger partial charge in [-0.05, 0) is 180 Å². The number of hydrogen-bond acceptors (Lipinski definition) is 13. The van der Waals surface area contributed by atoms with Crippen LogP contribution in [-0.2, 0) is 41.9 Å². The molecule has 0 spiro atoms. The second-order valence-electron chi connectivity index (χ2n) is 39.3. The Labute approximate surface area is 870 Å². The van der Waals surface area contributed by atoms with E-state index < -0.39 is 96.5 Å². The molecule has 137 heavy (non-hydrogen) atoms. The Bertz CT molecular complexity index is 4810. The number of unbranched alkanes of at least 4 members (excludes halogenated alkanes) is 1. The summed E-state index contributed by atoms with van der Waals surface area (Å²) < 4.78 is 45.3. The number of nitrogens with zero attached hydrogens (tertiary/aromatic N) is 1. The standard InChI is InChI=1S/C33H46BrNO4Si.C29H39NO4Si.C25H33NO4Si.C11H14O.C5H9Br.2C5H9.CH4.2Li/c1-8-29(33(7)30(28(36)22-21-25(2)3)35(31(37)38-33)24-16-15-23-34)39-40(32(4,5)6,26-17-11-9-12-18-26)27-19-13-10-14-20-27;1-8-25(29(7)26(30-27(32)33-29)24(31)20-19-21(2)3)34-35(28(4,5)6,22-15-11-9-12-16-22)23-17-13-10-14-18-23;1-7-21(25(6)22(18(2)27)26-23(28)29-25)30-31(24(3,4)5,19-14-10-8-11-15-19)20-16-12-9-13-17-20;1-10(2)8-9-12-11-6-4-3-5-7-11;1-5(2)3-4-6;2*1-4-5(2)3;;;/h9-14,17-21,29-30H,8,15-16,22-24H2,1-7H3;9-19,25-26H,8,20H2,1-7H3,(H,30,32);8-17,21-22H,7H2,1-6H3,(H,26,28);3-8H,9H2,1-2H3;3H,4H2,1-2H3;2*4H,1H2,2-3H3;1H4;;/q;;;;;2*-1;;2*+1/t29-,30-,33-;25-,26-,29-;21-,22-,25-;;;;;;;/m111......./s1. The van der Waals surface area contributed by atoms with Crippen LogP contribution in [0.3, 0.4) is 0 Å². The van der Waals surface area contributed by atoms with Crippen LogP contribution in [-0.4, -0.2) is 143 Å². The molecule has 3 saturated heterocycles. The van der Waals surface area contributed by atoms with Crippen LogP contribution in [0.5, 0.6) is 5.75 Å². The van der Waals surface area contributed by atoms with E-state index in [0.717, 1.165) is 71.5 Å². The largest absolute Gasteiger partial charge is 1.00 e. The van der Waals surface area contributed by atoms with E-state index in [1.54, 1.807) is 4.90 Å². The summed E-state index contributed by atoms with van der Waals surface area (Å²) in [7, 11) is -8.74. The molecule has 0 aliphatic carbocycles. The minimum Gasteiger partial charge on any atom is -0.490 e. The average molecular weight is 2040 g/mol. The van der Waals surface area contributed by atoms with Crippen molar-refractivity contribution in [2.75, 3.05) is 23.8 Å². The molecule has 3 aliphatic heterocycles. The van der Waals surface area contributed by atoms with E-state index in [0.29, 0.717) is 32.4 Å². The number of carbonyl (C=O) groups excluding carboxylic acids is 6. The van der Waals surface area contributed by atoms with Gasteiger partial charge in [0.25, 0.3) is 25.0 Å². The fraction of sp³-hybridized carbons (Fsp3) is 0.456. The van der Waals surface area contributed by atoms with Crippen molar-refractivity contribution in [2.24, 2.45) is 0 Å². The number of rotatable bonds is 33. The van der Waals surface area contributed by atoms with Crippen molar-refractivity contribution in [1.29, 1.82) is 0 Å². The van der Waals surface area contributed by atoms with Crippen molar-refractivity contribution in [1.82, 2.24) is 15.5 Å². The third kappa shape index (κ3) is 35.6. The molecule has 10 rings (SSSR count). The van der Waals surface area contributed by atoms with Crippen LogP contribution in [0.1, 0.15) is 246 Å². The van der Waals surface area contributed by atoms with E-state index in [-0.39, 0.29) is 90.5 Å². The number of para-hydroxylation sites is 1. The summed E-state index contributed by atoms with van der Waals surface area (Å²) in [6.45, 7) is 65.5. The van der Waals surface area contributed by atoms with Gasteiger partial charge in [0.05, 0.1) is 18.3 Å². The van der Waals surface area contributed by atoms with Gasteiger partial charge in [0.15, 0.2) is 34.2 Å². The number of alkyl halides is 2. The number of alkyl carbamates (subject to hydrolysis) is 2. The first-order valence-corrected chi connectivity index (χ1v) is 55.1. The molecule has 3 aliphatic rings. The van der Waals surface area contributed by atoms with Gasteiger partial charge in [-0.25, -0.2) is 51.5 Å². The van der Waals surface area contributed by atoms with Crippen molar-refractivity contribution in [3.63, 3.8) is 0 Å². The maximum atomic E-state index is 13.9. The third-order valence-corrected chi connectivity index (χ3v) is 40.0. The van der Waals surface area contributed by atoms with Gasteiger partial charge >= 0.3 is 56.0 Å². The molecule has 16 nitrogen and oxygen atoms in total. The van der Waals surface area contributed by atoms with E-state index in [2.05, 4.69) is 262 Å². The Morgan fingerprint density at radius 2 is 0.693 bits per heavy atom. The zero-order chi connectivity index (χ0) is 101. The molecule has 740 valence electrons. The fourth-order valence-electron chi connectivity index (χ4n) is 16.9. The zero-order valence-electron chi connectivity index (χ0n) is 87.8. The molecule has 23 heteroatoms. The molecule has 3 amide bonds. The molecule has 2 N–H and O–H groups in total. The number of amides is 3. The van der Waals surface area contributed by atoms with Gasteiger partial charge in [0.1, 0.15) is 30.5 Å². The van der Waals surface area contributed by atoms with Crippen molar-refractivity contribution >= 4 is 124 Å². The number of ether oxygens (including phenoxy) is 4. The Balaban J connectivity index is 0.000000892. The van der Waals surface area contributed by atoms with Crippen LogP contribution in [0.2, 0.25) is 15.1 Å². The Hall–Kier alpha value is -7.97. The molecule has 7 aromatic carbocycles. The summed E-state index contributed by atoms with van der Waals surface area (Å²) >= 11 is 6.76. The molecule has 3 fully saturated rings. The first-order chi connectivity index (χ1) is 63.0. The number of hydrogen-bond donors (Lipinski definition) is 2. The van der Waals surface area contributed by atoms with Gasteiger partial charge in [0.2, 0.25) is 0 Å². The number of cyclic esters (lactones) is 3. The molecular formula is C114H163Br2Li2N3O13Si3. The summed E-state index contributed by atoms with van der Waals surface area (Å²) in [5, 5.41) is 13.5. The van der Waals surface area contributed by atoms with E-state index in [9.17, 15) is 28.8 Å². The van der Waals surface area contributed by atoms with E-state index in [1.807, 2.05) is 230 Å². The summed E-state index contributed by atoms with van der Waals surface area (Å²) in [4.78, 5) is 79.3. The number of nitrogens with one attached hydrogen (secondary N) is 2. The quantitative estimate of drug-likeness (QED) is 0.00986. The molecule has 0 aromatic heterocycles. The fourth-order valence-corrected chi connectivity index (χ4v) is 32.5. The molecule has 0 saturated carbocycles. The number of Topliss-reactive ketones (excluding diaryl/α,β-unsaturated/α-hetero) is 3. The van der Waals surface area contributed by atoms with Gasteiger partial charge in [0, 0.05) is 30.0 Å². The van der Waals surface area contributed by atoms with E-state index in [4.69, 9.17) is 32.2 Å². The number of allylic oxidation sites excluding steroid dienone is 11. The summed E-state index contributed by atoms with van der Waals surface area (Å²) in [6, 6.07) is 69.9. The number of ketones is 3. The van der Waals surface area contributed by atoms with Gasteiger partial charge in [-0.1, -0.05) is 363 Å². The first-order valence-electron chi connectivity index (χ1n) is 47.1. The number of carbonyl (C=O) groups is 6. The van der Waals surface area contributed by atoms with E-state index in [1.165, 1.54) is 29.2 Å². The smallest absolute Gasteiger partial charge is 0.490 e. The molecule has 0 unspecified atom stereocenters. The predicted molar refractivity (Wildman–Crippen MR) is 580 cm³/mol.